The normalized spacial score (nSPS) is 13.1. The van der Waals surface area contributed by atoms with E-state index in [1.54, 1.807) is 11.2 Å². The number of phenols is 1. The van der Waals surface area contributed by atoms with Crippen LogP contribution in [0.2, 0.25) is 0 Å². The molecule has 1 saturated carbocycles. The summed E-state index contributed by atoms with van der Waals surface area (Å²) in [5.41, 5.74) is 3.11. The number of nitrogens with zero attached hydrogens (tertiary/aromatic N) is 2. The number of rotatable bonds is 11. The minimum atomic E-state index is -1.38. The van der Waals surface area contributed by atoms with Gasteiger partial charge in [-0.2, -0.15) is 0 Å². The Bertz CT molecular complexity index is 1670. The zero-order valence-electron chi connectivity index (χ0n) is 26.8. The maximum atomic E-state index is 13.7. The molecule has 2 N–H and O–H groups in total. The molecule has 4 aromatic carbocycles. The predicted molar refractivity (Wildman–Crippen MR) is 179 cm³/mol. The zero-order chi connectivity index (χ0) is 34.8. The van der Waals surface area contributed by atoms with Gasteiger partial charge in [0.05, 0.1) is 6.54 Å². The number of benzene rings is 4. The Balaban J connectivity index is 0.000000220. The fraction of sp³-hybridized carbons (Fsp3) is 0.297. The van der Waals surface area contributed by atoms with E-state index in [-0.39, 0.29) is 23.9 Å². The lowest BCUT2D eigenvalue weighted by atomic mass is 9.84. The first kappa shape index (κ1) is 36.5. The van der Waals surface area contributed by atoms with Crippen LogP contribution in [0.15, 0.2) is 77.7 Å². The van der Waals surface area contributed by atoms with Gasteiger partial charge in [0.1, 0.15) is 11.3 Å². The van der Waals surface area contributed by atoms with Crippen molar-refractivity contribution >= 4 is 30.0 Å². The molecule has 0 atom stereocenters. The summed E-state index contributed by atoms with van der Waals surface area (Å²) in [6.45, 7) is 4.33. The van der Waals surface area contributed by atoms with Crippen molar-refractivity contribution in [1.82, 2.24) is 4.31 Å². The molecule has 6 nitrogen and oxygen atoms in total. The van der Waals surface area contributed by atoms with Gasteiger partial charge in [-0.25, -0.2) is 26.7 Å². The van der Waals surface area contributed by atoms with E-state index < -0.39 is 34.8 Å². The molecule has 0 aromatic heterocycles. The Morgan fingerprint density at radius 3 is 2.04 bits per heavy atom. The maximum absolute atomic E-state index is 13.7. The lowest BCUT2D eigenvalue weighted by Crippen LogP contribution is -2.20. The molecule has 0 saturated heterocycles. The Labute approximate surface area is 282 Å². The average Bonchev–Trinajstić information content (AvgIpc) is 3.09. The lowest BCUT2D eigenvalue weighted by molar-refractivity contribution is -0.107. The quantitative estimate of drug-likeness (QED) is 0.0710. The van der Waals surface area contributed by atoms with E-state index in [1.165, 1.54) is 72.7 Å². The van der Waals surface area contributed by atoms with Crippen LogP contribution >= 0.6 is 11.9 Å². The van der Waals surface area contributed by atoms with Crippen molar-refractivity contribution in [3.63, 3.8) is 0 Å². The highest BCUT2D eigenvalue weighted by Gasteiger charge is 2.21. The van der Waals surface area contributed by atoms with Gasteiger partial charge in [0.25, 0.3) is 0 Å². The molecule has 0 unspecified atom stereocenters. The monoisotopic (exact) mass is 682 g/mol. The van der Waals surface area contributed by atoms with Gasteiger partial charge in [0.15, 0.2) is 23.3 Å². The molecule has 1 aliphatic carbocycles. The number of hydrogen-bond donors (Lipinski definition) is 2. The van der Waals surface area contributed by atoms with E-state index in [4.69, 9.17) is 5.11 Å². The van der Waals surface area contributed by atoms with Gasteiger partial charge in [-0.1, -0.05) is 68.1 Å². The minimum Gasteiger partial charge on any atom is -0.507 e. The van der Waals surface area contributed by atoms with E-state index in [0.717, 1.165) is 16.0 Å². The van der Waals surface area contributed by atoms with Crippen LogP contribution in [0.4, 0.5) is 23.2 Å². The van der Waals surface area contributed by atoms with Crippen molar-refractivity contribution in [2.75, 3.05) is 11.4 Å². The van der Waals surface area contributed by atoms with Crippen LogP contribution in [-0.2, 0) is 17.9 Å². The molecule has 1 aliphatic rings. The fourth-order valence-corrected chi connectivity index (χ4v) is 6.37. The van der Waals surface area contributed by atoms with Gasteiger partial charge in [0, 0.05) is 41.4 Å². The van der Waals surface area contributed by atoms with Gasteiger partial charge in [-0.3, -0.25) is 4.79 Å². The van der Waals surface area contributed by atoms with Gasteiger partial charge in [0.2, 0.25) is 6.41 Å². The van der Waals surface area contributed by atoms with E-state index in [1.807, 2.05) is 43.3 Å². The molecular weight excluding hydrogens is 644 g/mol. The standard InChI is InChI=1S/C21H23NO4.C16H15F4NS/c23-14-22(18-10-11-19(21(25)26)20(24)12-18)13-15-6-8-17(9-7-15)16-4-2-1-3-5-16;1-3-21(22-11-6-4-10(2)5-7-11)9-12-15(19)13(17)8-14(18)16(12)20/h6-12,14,16,24H,1-5,13H2,(H,25,26);4-8H,3,9H2,1-2H3. The van der Waals surface area contributed by atoms with E-state index in [2.05, 4.69) is 12.1 Å². The molecule has 0 spiro atoms. The minimum absolute atomic E-state index is 0.184. The van der Waals surface area contributed by atoms with E-state index in [0.29, 0.717) is 31.1 Å². The first-order valence-electron chi connectivity index (χ1n) is 15.7. The molecule has 0 radical (unpaired) electrons. The summed E-state index contributed by atoms with van der Waals surface area (Å²) in [4.78, 5) is 24.8. The van der Waals surface area contributed by atoms with Crippen molar-refractivity contribution in [1.29, 1.82) is 0 Å². The van der Waals surface area contributed by atoms with E-state index in [9.17, 15) is 32.3 Å². The number of anilines is 1. The third kappa shape index (κ3) is 9.60. The molecule has 4 aromatic rings. The highest BCUT2D eigenvalue weighted by molar-refractivity contribution is 7.97. The van der Waals surface area contributed by atoms with Gasteiger partial charge < -0.3 is 15.1 Å². The van der Waals surface area contributed by atoms with Gasteiger partial charge in [-0.15, -0.1) is 0 Å². The highest BCUT2D eigenvalue weighted by atomic mass is 32.2. The number of carboxylic acid groups (broad SMARTS) is 1. The molecular formula is C37H38F4N2O4S. The summed E-state index contributed by atoms with van der Waals surface area (Å²) >= 11 is 1.28. The van der Waals surface area contributed by atoms with Crippen molar-refractivity contribution in [2.45, 2.75) is 69.9 Å². The summed E-state index contributed by atoms with van der Waals surface area (Å²) in [7, 11) is 0. The maximum Gasteiger partial charge on any atom is 0.339 e. The topological polar surface area (TPSA) is 81.1 Å². The third-order valence-corrected chi connectivity index (χ3v) is 9.35. The fourth-order valence-electron chi connectivity index (χ4n) is 5.49. The SMILES string of the molecule is CCN(Cc1c(F)c(F)cc(F)c1F)Sc1ccc(C)cc1.O=CN(Cc1ccc(C2CCCCC2)cc1)c1ccc(C(=O)O)c(O)c1. The second kappa shape index (κ2) is 17.2. The van der Waals surface area contributed by atoms with Crippen LogP contribution in [0, 0.1) is 30.2 Å². The number of carbonyl (C=O) groups excluding carboxylic acids is 1. The number of amides is 1. The zero-order valence-corrected chi connectivity index (χ0v) is 27.6. The molecule has 0 heterocycles. The first-order chi connectivity index (χ1) is 23.0. The second-order valence-corrected chi connectivity index (χ2v) is 12.8. The number of halogens is 4. The Hall–Kier alpha value is -4.35. The second-order valence-electron chi connectivity index (χ2n) is 11.6. The summed E-state index contributed by atoms with van der Waals surface area (Å²) in [6.07, 6.45) is 7.09. The summed E-state index contributed by atoms with van der Waals surface area (Å²) in [5.74, 6) is -6.38. The summed E-state index contributed by atoms with van der Waals surface area (Å²) < 4.78 is 55.5. The number of aromatic hydroxyl groups is 1. The van der Waals surface area contributed by atoms with Crippen LogP contribution in [0.5, 0.6) is 5.75 Å². The van der Waals surface area contributed by atoms with Crippen LogP contribution in [0.3, 0.4) is 0 Å². The molecule has 1 fully saturated rings. The largest absolute Gasteiger partial charge is 0.507 e. The third-order valence-electron chi connectivity index (χ3n) is 8.23. The molecule has 254 valence electrons. The van der Waals surface area contributed by atoms with Crippen molar-refractivity contribution in [2.24, 2.45) is 0 Å². The molecule has 11 heteroatoms. The molecule has 1 amide bonds. The van der Waals surface area contributed by atoms with Gasteiger partial charge >= 0.3 is 5.97 Å². The average molecular weight is 683 g/mol. The number of carbonyl (C=O) groups is 2. The smallest absolute Gasteiger partial charge is 0.339 e. The van der Waals surface area contributed by atoms with Crippen molar-refractivity contribution in [3.05, 3.63) is 124 Å². The predicted octanol–water partition coefficient (Wildman–Crippen LogP) is 9.38. The summed E-state index contributed by atoms with van der Waals surface area (Å²) in [6, 6.07) is 20.3. The van der Waals surface area contributed by atoms with Crippen LogP contribution in [-0.4, -0.2) is 33.4 Å². The number of aryl methyl sites for hydroxylation is 1. The molecule has 0 aliphatic heterocycles. The lowest BCUT2D eigenvalue weighted by Gasteiger charge is -2.23. The molecule has 48 heavy (non-hydrogen) atoms. The van der Waals surface area contributed by atoms with Crippen LogP contribution in [0.1, 0.15) is 77.6 Å². The number of aromatic carboxylic acids is 1. The number of carboxylic acids is 1. The van der Waals surface area contributed by atoms with Crippen LogP contribution < -0.4 is 4.90 Å². The molecule has 0 bridgehead atoms. The van der Waals surface area contributed by atoms with E-state index >= 15 is 0 Å². The van der Waals surface area contributed by atoms with Crippen molar-refractivity contribution in [3.8, 4) is 5.75 Å². The van der Waals surface area contributed by atoms with Crippen LogP contribution in [0.25, 0.3) is 0 Å². The first-order valence-corrected chi connectivity index (χ1v) is 16.5. The Morgan fingerprint density at radius 2 is 1.50 bits per heavy atom. The van der Waals surface area contributed by atoms with Crippen molar-refractivity contribution < 1.29 is 37.4 Å². The number of hydrogen-bond acceptors (Lipinski definition) is 5. The Morgan fingerprint density at radius 1 is 0.875 bits per heavy atom. The highest BCUT2D eigenvalue weighted by Crippen LogP contribution is 2.33. The van der Waals surface area contributed by atoms with Gasteiger partial charge in [-0.05, 0) is 73.0 Å². The summed E-state index contributed by atoms with van der Waals surface area (Å²) in [5, 5.41) is 18.8. The Kier molecular flexibility index (Phi) is 13.0. The molecule has 5 rings (SSSR count).